The van der Waals surface area contributed by atoms with Gasteiger partial charge in [0.25, 0.3) is 0 Å². The molecule has 3 aromatic heterocycles. The first-order chi connectivity index (χ1) is 17.6. The number of nitriles is 1. The number of hydrogen-bond acceptors (Lipinski definition) is 9. The van der Waals surface area contributed by atoms with Crippen molar-refractivity contribution in [3.05, 3.63) is 89.9 Å². The fourth-order valence-electron chi connectivity index (χ4n) is 3.54. The van der Waals surface area contributed by atoms with Crippen LogP contribution >= 0.6 is 0 Å². The highest BCUT2D eigenvalue weighted by molar-refractivity contribution is 5.86. The normalized spacial score (nSPS) is 11.0. The lowest BCUT2D eigenvalue weighted by Gasteiger charge is -2.06. The van der Waals surface area contributed by atoms with Gasteiger partial charge in [-0.15, -0.1) is 5.10 Å². The summed E-state index contributed by atoms with van der Waals surface area (Å²) < 4.78 is 6.27. The standard InChI is InChI=1S/C26H18N8O2/c1-36-23(35)9-8-19-13-28-24(29-14-19)21-7-3-5-18(11-21)16-34-26-25(32-33-34)30-15-22(31-26)20-6-2-4-17(10-20)12-27/h2-11,13-15H,16H2,1H3. The van der Waals surface area contributed by atoms with Gasteiger partial charge in [-0.05, 0) is 29.8 Å². The molecule has 0 aliphatic rings. The molecule has 174 valence electrons. The largest absolute Gasteiger partial charge is 0.466 e. The van der Waals surface area contributed by atoms with E-state index in [0.29, 0.717) is 40.5 Å². The lowest BCUT2D eigenvalue weighted by molar-refractivity contribution is -0.134. The Morgan fingerprint density at radius 1 is 1.06 bits per heavy atom. The van der Waals surface area contributed by atoms with Gasteiger partial charge in [-0.3, -0.25) is 0 Å². The van der Waals surface area contributed by atoms with Crippen LogP contribution in [0, 0.1) is 11.3 Å². The number of ether oxygens (including phenoxy) is 1. The van der Waals surface area contributed by atoms with E-state index in [1.807, 2.05) is 36.4 Å². The summed E-state index contributed by atoms with van der Waals surface area (Å²) in [7, 11) is 1.32. The summed E-state index contributed by atoms with van der Waals surface area (Å²) in [5.41, 5.74) is 5.42. The highest BCUT2D eigenvalue weighted by Crippen LogP contribution is 2.21. The maximum Gasteiger partial charge on any atom is 0.330 e. The molecule has 0 unspecified atom stereocenters. The third-order valence-electron chi connectivity index (χ3n) is 5.32. The van der Waals surface area contributed by atoms with Crippen LogP contribution in [0.15, 0.2) is 73.2 Å². The van der Waals surface area contributed by atoms with E-state index in [-0.39, 0.29) is 0 Å². The van der Waals surface area contributed by atoms with Gasteiger partial charge in [0, 0.05) is 35.2 Å². The number of benzene rings is 2. The van der Waals surface area contributed by atoms with Gasteiger partial charge in [-0.1, -0.05) is 35.5 Å². The Morgan fingerprint density at radius 2 is 1.86 bits per heavy atom. The van der Waals surface area contributed by atoms with Gasteiger partial charge in [0.15, 0.2) is 11.5 Å². The van der Waals surface area contributed by atoms with E-state index >= 15 is 0 Å². The van der Waals surface area contributed by atoms with Crippen molar-refractivity contribution in [1.29, 1.82) is 5.26 Å². The van der Waals surface area contributed by atoms with Gasteiger partial charge in [0.1, 0.15) is 0 Å². The van der Waals surface area contributed by atoms with E-state index in [1.54, 1.807) is 41.5 Å². The van der Waals surface area contributed by atoms with Crippen molar-refractivity contribution < 1.29 is 9.53 Å². The molecule has 0 spiro atoms. The lowest BCUT2D eigenvalue weighted by atomic mass is 10.1. The van der Waals surface area contributed by atoms with Gasteiger partial charge < -0.3 is 4.74 Å². The molecule has 10 nitrogen and oxygen atoms in total. The minimum atomic E-state index is -0.445. The summed E-state index contributed by atoms with van der Waals surface area (Å²) in [6.07, 6.45) is 7.80. The second-order valence-electron chi connectivity index (χ2n) is 7.74. The number of carbonyl (C=O) groups excluding carboxylic acids is 1. The van der Waals surface area contributed by atoms with Crippen molar-refractivity contribution in [2.75, 3.05) is 7.11 Å². The van der Waals surface area contributed by atoms with Crippen LogP contribution < -0.4 is 0 Å². The highest BCUT2D eigenvalue weighted by Gasteiger charge is 2.12. The molecular weight excluding hydrogens is 456 g/mol. The molecule has 0 bridgehead atoms. The molecule has 0 fully saturated rings. The lowest BCUT2D eigenvalue weighted by Crippen LogP contribution is -2.04. The molecule has 0 saturated carbocycles. The molecule has 5 rings (SSSR count). The number of carbonyl (C=O) groups is 1. The zero-order chi connectivity index (χ0) is 24.9. The molecule has 3 heterocycles. The third-order valence-corrected chi connectivity index (χ3v) is 5.32. The highest BCUT2D eigenvalue weighted by atomic mass is 16.5. The summed E-state index contributed by atoms with van der Waals surface area (Å²) in [5.74, 6) is 0.106. The van der Waals surface area contributed by atoms with Crippen LogP contribution in [-0.2, 0) is 16.1 Å². The topological polar surface area (TPSA) is 132 Å². The molecule has 36 heavy (non-hydrogen) atoms. The van der Waals surface area contributed by atoms with Crippen molar-refractivity contribution in [2.24, 2.45) is 0 Å². The Balaban J connectivity index is 1.40. The summed E-state index contributed by atoms with van der Waals surface area (Å²) in [6, 6.07) is 17.1. The molecule has 5 aromatic rings. The molecule has 0 amide bonds. The second kappa shape index (κ2) is 9.90. The smallest absolute Gasteiger partial charge is 0.330 e. The summed E-state index contributed by atoms with van der Waals surface area (Å²) in [4.78, 5) is 29.2. The average Bonchev–Trinajstić information content (AvgIpc) is 3.34. The van der Waals surface area contributed by atoms with Gasteiger partial charge in [0.05, 0.1) is 37.2 Å². The number of fused-ring (bicyclic) bond motifs is 1. The molecule has 0 aliphatic heterocycles. The van der Waals surface area contributed by atoms with E-state index in [4.69, 9.17) is 4.98 Å². The van der Waals surface area contributed by atoms with Crippen LogP contribution in [-0.4, -0.2) is 48.0 Å². The molecule has 0 N–H and O–H groups in total. The number of esters is 1. The molecule has 0 atom stereocenters. The minimum Gasteiger partial charge on any atom is -0.466 e. The minimum absolute atomic E-state index is 0.417. The van der Waals surface area contributed by atoms with Crippen LogP contribution in [0.2, 0.25) is 0 Å². The third kappa shape index (κ3) is 4.80. The molecular formula is C26H18N8O2. The van der Waals surface area contributed by atoms with Crippen LogP contribution in [0.5, 0.6) is 0 Å². The fourth-order valence-corrected chi connectivity index (χ4v) is 3.54. The van der Waals surface area contributed by atoms with Gasteiger partial charge in [0.2, 0.25) is 5.65 Å². The van der Waals surface area contributed by atoms with Gasteiger partial charge in [-0.25, -0.2) is 29.4 Å². The Bertz CT molecular complexity index is 1630. The maximum absolute atomic E-state index is 11.3. The molecule has 2 aromatic carbocycles. The number of hydrogen-bond donors (Lipinski definition) is 0. The number of aromatic nitrogens is 7. The zero-order valence-electron chi connectivity index (χ0n) is 19.1. The molecule has 0 saturated heterocycles. The molecule has 10 heteroatoms. The van der Waals surface area contributed by atoms with Crippen LogP contribution in [0.25, 0.3) is 40.0 Å². The van der Waals surface area contributed by atoms with Crippen LogP contribution in [0.4, 0.5) is 0 Å². The van der Waals surface area contributed by atoms with E-state index in [1.165, 1.54) is 13.2 Å². The SMILES string of the molecule is COC(=O)C=Cc1cnc(-c2cccc(Cn3nnc4ncc(-c5cccc(C#N)c5)nc43)c2)nc1. The Morgan fingerprint density at radius 3 is 2.67 bits per heavy atom. The Hall–Kier alpha value is -5.30. The monoisotopic (exact) mass is 474 g/mol. The number of rotatable bonds is 6. The number of methoxy groups -OCH3 is 1. The molecule has 0 aliphatic carbocycles. The van der Waals surface area contributed by atoms with Crippen molar-refractivity contribution >= 4 is 23.3 Å². The number of nitrogens with zero attached hydrogens (tertiary/aromatic N) is 8. The van der Waals surface area contributed by atoms with Crippen molar-refractivity contribution in [1.82, 2.24) is 34.9 Å². The second-order valence-corrected chi connectivity index (χ2v) is 7.74. The quantitative estimate of drug-likeness (QED) is 0.268. The van der Waals surface area contributed by atoms with E-state index in [0.717, 1.165) is 16.7 Å². The zero-order valence-corrected chi connectivity index (χ0v) is 19.1. The van der Waals surface area contributed by atoms with E-state index < -0.39 is 5.97 Å². The van der Waals surface area contributed by atoms with E-state index in [2.05, 4.69) is 36.1 Å². The predicted octanol–water partition coefficient (Wildman–Crippen LogP) is 3.45. The summed E-state index contributed by atoms with van der Waals surface area (Å²) in [6.45, 7) is 0.417. The maximum atomic E-state index is 11.3. The first-order valence-corrected chi connectivity index (χ1v) is 10.9. The first kappa shape index (κ1) is 22.5. The van der Waals surface area contributed by atoms with Crippen molar-refractivity contribution in [2.45, 2.75) is 6.54 Å². The summed E-state index contributed by atoms with van der Waals surface area (Å²) >= 11 is 0. The van der Waals surface area contributed by atoms with E-state index in [9.17, 15) is 10.1 Å². The Kier molecular flexibility index (Phi) is 6.19. The average molecular weight is 474 g/mol. The fraction of sp³-hybridized carbons (Fsp3) is 0.0769. The Labute approximate surface area is 205 Å². The van der Waals surface area contributed by atoms with Gasteiger partial charge >= 0.3 is 5.97 Å². The van der Waals surface area contributed by atoms with Crippen LogP contribution in [0.1, 0.15) is 16.7 Å². The predicted molar refractivity (Wildman–Crippen MR) is 131 cm³/mol. The molecule has 0 radical (unpaired) electrons. The van der Waals surface area contributed by atoms with Gasteiger partial charge in [-0.2, -0.15) is 5.26 Å². The first-order valence-electron chi connectivity index (χ1n) is 10.9. The summed E-state index contributed by atoms with van der Waals surface area (Å²) in [5, 5.41) is 17.5. The van der Waals surface area contributed by atoms with Crippen molar-refractivity contribution in [3.63, 3.8) is 0 Å². The van der Waals surface area contributed by atoms with Crippen LogP contribution in [0.3, 0.4) is 0 Å². The van der Waals surface area contributed by atoms with Crippen molar-refractivity contribution in [3.8, 4) is 28.7 Å².